The van der Waals surface area contributed by atoms with E-state index in [-0.39, 0.29) is 17.4 Å². The number of hydrogen-bond donors (Lipinski definition) is 2. The Balaban J connectivity index is 1.62. The molecule has 0 fully saturated rings. The molecule has 2 heterocycles. The highest BCUT2D eigenvalue weighted by Crippen LogP contribution is 2.22. The second kappa shape index (κ2) is 5.82. The second-order valence-electron chi connectivity index (χ2n) is 5.55. The molecular weight excluding hydrogens is 323 g/mol. The van der Waals surface area contributed by atoms with Crippen LogP contribution >= 0.6 is 0 Å². The van der Waals surface area contributed by atoms with E-state index in [1.165, 1.54) is 12.1 Å². The molecule has 0 unspecified atom stereocenters. The molecule has 0 atom stereocenters. The van der Waals surface area contributed by atoms with Crippen LogP contribution in [0.2, 0.25) is 0 Å². The van der Waals surface area contributed by atoms with E-state index in [0.29, 0.717) is 22.4 Å². The van der Waals surface area contributed by atoms with Gasteiger partial charge in [0, 0.05) is 29.2 Å². The normalized spacial score (nSPS) is 11.0. The van der Waals surface area contributed by atoms with E-state index < -0.39 is 0 Å². The van der Waals surface area contributed by atoms with Gasteiger partial charge in [-0.1, -0.05) is 18.2 Å². The fraction of sp³-hybridized carbons (Fsp3) is 0.0588. The number of anilines is 1. The van der Waals surface area contributed by atoms with Crippen LogP contribution in [0.4, 0.5) is 10.1 Å². The fourth-order valence-electron chi connectivity index (χ4n) is 2.65. The van der Waals surface area contributed by atoms with E-state index in [1.807, 2.05) is 6.07 Å². The smallest absolute Gasteiger partial charge is 0.272 e. The summed E-state index contributed by atoms with van der Waals surface area (Å²) >= 11 is 0. The molecule has 2 N–H and O–H groups in total. The summed E-state index contributed by atoms with van der Waals surface area (Å²) in [4.78, 5) is 15.4. The molecule has 0 bridgehead atoms. The summed E-state index contributed by atoms with van der Waals surface area (Å²) in [5.74, 6) is -0.141. The molecule has 124 valence electrons. The van der Waals surface area contributed by atoms with Crippen molar-refractivity contribution in [1.82, 2.24) is 25.2 Å². The summed E-state index contributed by atoms with van der Waals surface area (Å²) < 4.78 is 15.3. The van der Waals surface area contributed by atoms with Crippen LogP contribution in [0.3, 0.4) is 0 Å². The minimum atomic E-state index is -0.371. The number of aryl methyl sites for hydroxylation is 1. The first kappa shape index (κ1) is 15.0. The molecule has 25 heavy (non-hydrogen) atoms. The fourth-order valence-corrected chi connectivity index (χ4v) is 2.65. The number of aromatic nitrogens is 5. The van der Waals surface area contributed by atoms with Crippen molar-refractivity contribution < 1.29 is 9.18 Å². The summed E-state index contributed by atoms with van der Waals surface area (Å²) in [7, 11) is 1.74. The van der Waals surface area contributed by atoms with Crippen LogP contribution < -0.4 is 5.32 Å². The molecule has 0 saturated heterocycles. The SMILES string of the molecule is Cn1nnnc1-c1cccc(NC(=O)c2cc3c(F)cccc3[nH]2)c1. The van der Waals surface area contributed by atoms with Crippen molar-refractivity contribution in [3.8, 4) is 11.4 Å². The standard InChI is InChI=1S/C17H13FN6O/c1-24-16(21-22-23-24)10-4-2-5-11(8-10)19-17(25)15-9-12-13(18)6-3-7-14(12)20-15/h2-9,20H,1H3,(H,19,25). The van der Waals surface area contributed by atoms with Gasteiger partial charge in [-0.15, -0.1) is 5.10 Å². The number of carbonyl (C=O) groups excluding carboxylic acids is 1. The number of rotatable bonds is 3. The summed E-state index contributed by atoms with van der Waals surface area (Å²) in [6.45, 7) is 0. The van der Waals surface area contributed by atoms with Crippen molar-refractivity contribution in [3.63, 3.8) is 0 Å². The zero-order valence-electron chi connectivity index (χ0n) is 13.2. The van der Waals surface area contributed by atoms with Crippen LogP contribution in [0, 0.1) is 5.82 Å². The zero-order chi connectivity index (χ0) is 17.4. The van der Waals surface area contributed by atoms with Gasteiger partial charge in [0.05, 0.1) is 0 Å². The third kappa shape index (κ3) is 2.74. The Morgan fingerprint density at radius 1 is 1.20 bits per heavy atom. The Kier molecular flexibility index (Phi) is 3.50. The molecule has 4 aromatic rings. The topological polar surface area (TPSA) is 88.5 Å². The zero-order valence-corrected chi connectivity index (χ0v) is 13.2. The summed E-state index contributed by atoms with van der Waals surface area (Å²) in [5, 5.41) is 14.5. The maximum atomic E-state index is 13.8. The van der Waals surface area contributed by atoms with Gasteiger partial charge in [0.2, 0.25) is 0 Å². The van der Waals surface area contributed by atoms with Crippen LogP contribution in [0.15, 0.2) is 48.5 Å². The van der Waals surface area contributed by atoms with Crippen molar-refractivity contribution >= 4 is 22.5 Å². The number of amides is 1. The Morgan fingerprint density at radius 3 is 2.80 bits per heavy atom. The third-order valence-corrected chi connectivity index (χ3v) is 3.85. The van der Waals surface area contributed by atoms with Crippen LogP contribution in [-0.2, 0) is 7.05 Å². The molecule has 0 saturated carbocycles. The number of hydrogen-bond acceptors (Lipinski definition) is 4. The summed E-state index contributed by atoms with van der Waals surface area (Å²) in [5.41, 5.74) is 2.22. The van der Waals surface area contributed by atoms with Gasteiger partial charge in [-0.3, -0.25) is 4.79 Å². The number of fused-ring (bicyclic) bond motifs is 1. The van der Waals surface area contributed by atoms with Crippen LogP contribution in [-0.4, -0.2) is 31.1 Å². The van der Waals surface area contributed by atoms with Gasteiger partial charge in [0.25, 0.3) is 5.91 Å². The second-order valence-corrected chi connectivity index (χ2v) is 5.55. The van der Waals surface area contributed by atoms with Crippen molar-refractivity contribution in [1.29, 1.82) is 0 Å². The number of aromatic amines is 1. The molecule has 0 aliphatic heterocycles. The van der Waals surface area contributed by atoms with Crippen molar-refractivity contribution in [3.05, 3.63) is 60.0 Å². The van der Waals surface area contributed by atoms with Crippen molar-refractivity contribution in [2.45, 2.75) is 0 Å². The molecule has 4 rings (SSSR count). The highest BCUT2D eigenvalue weighted by atomic mass is 19.1. The first-order valence-electron chi connectivity index (χ1n) is 7.53. The Hall–Kier alpha value is -3.55. The molecular formula is C17H13FN6O. The van der Waals surface area contributed by atoms with Crippen LogP contribution in [0.5, 0.6) is 0 Å². The van der Waals surface area contributed by atoms with E-state index in [2.05, 4.69) is 25.8 Å². The van der Waals surface area contributed by atoms with Gasteiger partial charge < -0.3 is 10.3 Å². The molecule has 0 aliphatic rings. The molecule has 2 aromatic carbocycles. The molecule has 8 heteroatoms. The maximum absolute atomic E-state index is 13.8. The molecule has 2 aromatic heterocycles. The predicted octanol–water partition coefficient (Wildman–Crippen LogP) is 2.75. The van der Waals surface area contributed by atoms with E-state index in [4.69, 9.17) is 0 Å². The first-order valence-corrected chi connectivity index (χ1v) is 7.53. The van der Waals surface area contributed by atoms with Crippen LogP contribution in [0.25, 0.3) is 22.3 Å². The van der Waals surface area contributed by atoms with E-state index in [0.717, 1.165) is 5.56 Å². The molecule has 0 aliphatic carbocycles. The first-order chi connectivity index (χ1) is 12.1. The van der Waals surface area contributed by atoms with Gasteiger partial charge in [0.1, 0.15) is 11.5 Å². The minimum absolute atomic E-state index is 0.283. The summed E-state index contributed by atoms with van der Waals surface area (Å²) in [6, 6.07) is 13.3. The monoisotopic (exact) mass is 336 g/mol. The number of nitrogens with zero attached hydrogens (tertiary/aromatic N) is 4. The average molecular weight is 336 g/mol. The highest BCUT2D eigenvalue weighted by molar-refractivity contribution is 6.06. The third-order valence-electron chi connectivity index (χ3n) is 3.85. The lowest BCUT2D eigenvalue weighted by molar-refractivity contribution is 0.102. The van der Waals surface area contributed by atoms with E-state index >= 15 is 0 Å². The van der Waals surface area contributed by atoms with Crippen molar-refractivity contribution in [2.75, 3.05) is 5.32 Å². The van der Waals surface area contributed by atoms with Gasteiger partial charge >= 0.3 is 0 Å². The lowest BCUT2D eigenvalue weighted by Crippen LogP contribution is -2.12. The molecule has 1 amide bonds. The Morgan fingerprint density at radius 2 is 2.04 bits per heavy atom. The Labute approximate surface area is 141 Å². The molecule has 0 spiro atoms. The largest absolute Gasteiger partial charge is 0.350 e. The lowest BCUT2D eigenvalue weighted by atomic mass is 10.2. The number of H-pyrrole nitrogens is 1. The summed E-state index contributed by atoms with van der Waals surface area (Å²) in [6.07, 6.45) is 0. The van der Waals surface area contributed by atoms with Gasteiger partial charge in [-0.2, -0.15) is 0 Å². The highest BCUT2D eigenvalue weighted by Gasteiger charge is 2.13. The lowest BCUT2D eigenvalue weighted by Gasteiger charge is -2.06. The number of nitrogens with one attached hydrogen (secondary N) is 2. The molecule has 0 radical (unpaired) electrons. The van der Waals surface area contributed by atoms with E-state index in [1.54, 1.807) is 42.1 Å². The van der Waals surface area contributed by atoms with Gasteiger partial charge in [-0.25, -0.2) is 9.07 Å². The van der Waals surface area contributed by atoms with Gasteiger partial charge in [-0.05, 0) is 40.8 Å². The van der Waals surface area contributed by atoms with Crippen molar-refractivity contribution in [2.24, 2.45) is 7.05 Å². The number of tetrazole rings is 1. The number of benzene rings is 2. The predicted molar refractivity (Wildman–Crippen MR) is 90.4 cm³/mol. The Bertz CT molecular complexity index is 1080. The quantitative estimate of drug-likeness (QED) is 0.602. The average Bonchev–Trinajstić information content (AvgIpc) is 3.22. The van der Waals surface area contributed by atoms with E-state index in [9.17, 15) is 9.18 Å². The number of carbonyl (C=O) groups is 1. The maximum Gasteiger partial charge on any atom is 0.272 e. The minimum Gasteiger partial charge on any atom is -0.350 e. The number of halogens is 1. The van der Waals surface area contributed by atoms with Gasteiger partial charge in [0.15, 0.2) is 5.82 Å². The molecule has 7 nitrogen and oxygen atoms in total. The van der Waals surface area contributed by atoms with Crippen LogP contribution in [0.1, 0.15) is 10.5 Å².